The first kappa shape index (κ1) is 21.3. The van der Waals surface area contributed by atoms with Crippen LogP contribution in [-0.4, -0.2) is 38.8 Å². The molecule has 2 unspecified atom stereocenters. The quantitative estimate of drug-likeness (QED) is 0.799. The number of nitrogens with one attached hydrogen (secondary N) is 1. The normalized spacial score (nSPS) is 20.3. The number of methoxy groups -OCH3 is 1. The Labute approximate surface area is 170 Å². The number of hydrogen-bond acceptors (Lipinski definition) is 4. The average Bonchev–Trinajstić information content (AvgIpc) is 2.67. The largest absolute Gasteiger partial charge is 0.495 e. The fraction of sp³-hybridized carbons (Fsp3) is 0.381. The van der Waals surface area contributed by atoms with E-state index in [-0.39, 0.29) is 22.3 Å². The molecular weight excluding hydrogens is 395 g/mol. The molecule has 29 heavy (non-hydrogen) atoms. The lowest BCUT2D eigenvalue weighted by molar-refractivity contribution is 0.102. The van der Waals surface area contributed by atoms with Crippen LogP contribution in [0.5, 0.6) is 5.75 Å². The van der Waals surface area contributed by atoms with Gasteiger partial charge in [0, 0.05) is 13.1 Å². The number of halogens is 1. The van der Waals surface area contributed by atoms with E-state index in [0.717, 1.165) is 18.6 Å². The van der Waals surface area contributed by atoms with E-state index in [1.165, 1.54) is 17.5 Å². The number of nitrogens with zero attached hydrogens (tertiary/aromatic N) is 1. The van der Waals surface area contributed by atoms with E-state index < -0.39 is 21.7 Å². The molecule has 2 aromatic carbocycles. The van der Waals surface area contributed by atoms with Crippen LogP contribution in [0.2, 0.25) is 0 Å². The minimum atomic E-state index is -3.82. The molecule has 3 rings (SSSR count). The molecular formula is C21H25FN2O4S. The molecule has 2 atom stereocenters. The summed E-state index contributed by atoms with van der Waals surface area (Å²) in [4.78, 5) is 12.6. The summed E-state index contributed by atoms with van der Waals surface area (Å²) in [6.07, 6.45) is 0.960. The Hall–Kier alpha value is -2.45. The van der Waals surface area contributed by atoms with Gasteiger partial charge in [-0.2, -0.15) is 4.31 Å². The molecule has 0 bridgehead atoms. The lowest BCUT2D eigenvalue weighted by Gasteiger charge is -2.34. The number of carbonyl (C=O) groups excluding carboxylic acids is 1. The highest BCUT2D eigenvalue weighted by molar-refractivity contribution is 7.89. The second-order valence-corrected chi connectivity index (χ2v) is 9.50. The van der Waals surface area contributed by atoms with Crippen molar-refractivity contribution in [3.05, 3.63) is 53.8 Å². The molecule has 1 saturated heterocycles. The summed E-state index contributed by atoms with van der Waals surface area (Å²) in [6.45, 7) is 4.84. The standard InChI is InChI=1S/C21H25FN2O4S/c1-14-10-15(2)13-24(12-14)29(26,27)16-8-9-18(22)17(11-16)21(25)23-19-6-4-5-7-20(19)28-3/h4-9,11,14-15H,10,12-13H2,1-3H3,(H,23,25). The molecule has 1 heterocycles. The van der Waals surface area contributed by atoms with Gasteiger partial charge in [-0.05, 0) is 48.6 Å². The number of benzene rings is 2. The van der Waals surface area contributed by atoms with Crippen LogP contribution in [0.3, 0.4) is 0 Å². The van der Waals surface area contributed by atoms with Crippen molar-refractivity contribution in [1.82, 2.24) is 4.31 Å². The molecule has 2 aromatic rings. The molecule has 0 radical (unpaired) electrons. The SMILES string of the molecule is COc1ccccc1NC(=O)c1cc(S(=O)(=O)N2CC(C)CC(C)C2)ccc1F. The van der Waals surface area contributed by atoms with E-state index in [1.807, 2.05) is 13.8 Å². The van der Waals surface area contributed by atoms with Gasteiger partial charge in [-0.15, -0.1) is 0 Å². The topological polar surface area (TPSA) is 75.7 Å². The number of ether oxygens (including phenoxy) is 1. The Bertz CT molecular complexity index is 999. The van der Waals surface area contributed by atoms with Gasteiger partial charge in [0.15, 0.2) is 0 Å². The van der Waals surface area contributed by atoms with Gasteiger partial charge in [-0.25, -0.2) is 12.8 Å². The van der Waals surface area contributed by atoms with Gasteiger partial charge in [0.05, 0.1) is 23.3 Å². The molecule has 0 saturated carbocycles. The molecule has 1 aliphatic rings. The second kappa shape index (κ2) is 8.51. The predicted molar refractivity (Wildman–Crippen MR) is 109 cm³/mol. The van der Waals surface area contributed by atoms with Crippen molar-refractivity contribution in [1.29, 1.82) is 0 Å². The van der Waals surface area contributed by atoms with Crippen molar-refractivity contribution in [3.63, 3.8) is 0 Å². The first-order chi connectivity index (χ1) is 13.7. The zero-order valence-corrected chi connectivity index (χ0v) is 17.5. The van der Waals surface area contributed by atoms with Gasteiger partial charge in [-0.3, -0.25) is 4.79 Å². The lowest BCUT2D eigenvalue weighted by atomic mass is 9.94. The van der Waals surface area contributed by atoms with Crippen LogP contribution in [0, 0.1) is 17.7 Å². The van der Waals surface area contributed by atoms with E-state index in [9.17, 15) is 17.6 Å². The predicted octanol–water partition coefficient (Wildman–Crippen LogP) is 3.75. The van der Waals surface area contributed by atoms with Gasteiger partial charge in [-0.1, -0.05) is 26.0 Å². The fourth-order valence-electron chi connectivity index (χ4n) is 3.73. The van der Waals surface area contributed by atoms with Crippen LogP contribution in [0.1, 0.15) is 30.6 Å². The number of rotatable bonds is 5. The van der Waals surface area contributed by atoms with Crippen LogP contribution in [-0.2, 0) is 10.0 Å². The Morgan fingerprint density at radius 3 is 2.45 bits per heavy atom. The third-order valence-electron chi connectivity index (χ3n) is 5.01. The Balaban J connectivity index is 1.90. The van der Waals surface area contributed by atoms with Gasteiger partial charge >= 0.3 is 0 Å². The van der Waals surface area contributed by atoms with Gasteiger partial charge in [0.2, 0.25) is 10.0 Å². The summed E-state index contributed by atoms with van der Waals surface area (Å²) in [5.41, 5.74) is 0.0291. The molecule has 0 spiro atoms. The van der Waals surface area contributed by atoms with Crippen LogP contribution in [0.15, 0.2) is 47.4 Å². The molecule has 1 amide bonds. The smallest absolute Gasteiger partial charge is 0.258 e. The maximum atomic E-state index is 14.4. The van der Waals surface area contributed by atoms with Crippen molar-refractivity contribution >= 4 is 21.6 Å². The highest BCUT2D eigenvalue weighted by Gasteiger charge is 2.32. The monoisotopic (exact) mass is 420 g/mol. The third-order valence-corrected chi connectivity index (χ3v) is 6.84. The van der Waals surface area contributed by atoms with Crippen molar-refractivity contribution in [2.75, 3.05) is 25.5 Å². The van der Waals surface area contributed by atoms with Crippen LogP contribution < -0.4 is 10.1 Å². The highest BCUT2D eigenvalue weighted by atomic mass is 32.2. The minimum absolute atomic E-state index is 0.0922. The maximum absolute atomic E-state index is 14.4. The van der Waals surface area contributed by atoms with Crippen molar-refractivity contribution < 1.29 is 22.3 Å². The second-order valence-electron chi connectivity index (χ2n) is 7.56. The van der Waals surface area contributed by atoms with E-state index >= 15 is 0 Å². The van der Waals surface area contributed by atoms with Gasteiger partial charge in [0.1, 0.15) is 11.6 Å². The molecule has 156 valence electrons. The first-order valence-electron chi connectivity index (χ1n) is 9.46. The Morgan fingerprint density at radius 2 is 1.79 bits per heavy atom. The summed E-state index contributed by atoms with van der Waals surface area (Å²) in [5.74, 6) is -0.646. The summed E-state index contributed by atoms with van der Waals surface area (Å²) in [7, 11) is -2.37. The summed E-state index contributed by atoms with van der Waals surface area (Å²) < 4.78 is 47.1. The zero-order chi connectivity index (χ0) is 21.2. The Morgan fingerprint density at radius 1 is 1.14 bits per heavy atom. The Kier molecular flexibility index (Phi) is 6.24. The van der Waals surface area contributed by atoms with Crippen LogP contribution >= 0.6 is 0 Å². The van der Waals surface area contributed by atoms with E-state index in [1.54, 1.807) is 24.3 Å². The van der Waals surface area contributed by atoms with Crippen molar-refractivity contribution in [2.24, 2.45) is 11.8 Å². The van der Waals surface area contributed by atoms with Crippen LogP contribution in [0.25, 0.3) is 0 Å². The molecule has 1 aliphatic heterocycles. The van der Waals surface area contributed by atoms with Crippen molar-refractivity contribution in [2.45, 2.75) is 25.2 Å². The fourth-order valence-corrected chi connectivity index (χ4v) is 5.43. The molecule has 1 N–H and O–H groups in total. The summed E-state index contributed by atoms with van der Waals surface area (Å²) >= 11 is 0. The molecule has 0 aliphatic carbocycles. The van der Waals surface area contributed by atoms with Gasteiger partial charge < -0.3 is 10.1 Å². The summed E-state index contributed by atoms with van der Waals surface area (Å²) in [5, 5.41) is 2.58. The first-order valence-corrected chi connectivity index (χ1v) is 10.9. The zero-order valence-electron chi connectivity index (χ0n) is 16.7. The van der Waals surface area contributed by atoms with Crippen molar-refractivity contribution in [3.8, 4) is 5.75 Å². The third kappa shape index (κ3) is 4.59. The number of hydrogen-bond donors (Lipinski definition) is 1. The number of anilines is 1. The maximum Gasteiger partial charge on any atom is 0.258 e. The number of piperidine rings is 1. The minimum Gasteiger partial charge on any atom is -0.495 e. The number of carbonyl (C=O) groups is 1. The van der Waals surface area contributed by atoms with Crippen LogP contribution in [0.4, 0.5) is 10.1 Å². The highest BCUT2D eigenvalue weighted by Crippen LogP contribution is 2.28. The molecule has 0 aromatic heterocycles. The number of amides is 1. The number of sulfonamides is 1. The van der Waals surface area contributed by atoms with E-state index in [4.69, 9.17) is 4.74 Å². The molecule has 8 heteroatoms. The van der Waals surface area contributed by atoms with E-state index in [2.05, 4.69) is 5.32 Å². The lowest BCUT2D eigenvalue weighted by Crippen LogP contribution is -2.42. The molecule has 1 fully saturated rings. The summed E-state index contributed by atoms with van der Waals surface area (Å²) in [6, 6.07) is 10.0. The van der Waals surface area contributed by atoms with E-state index in [0.29, 0.717) is 24.5 Å². The van der Waals surface area contributed by atoms with Gasteiger partial charge in [0.25, 0.3) is 5.91 Å². The molecule has 6 nitrogen and oxygen atoms in total. The number of para-hydroxylation sites is 2. The average molecular weight is 421 g/mol.